The second-order valence-electron chi connectivity index (χ2n) is 3.75. The SMILES string of the molecule is CNCc1ccc(Sc2ncccn2)cc1C. The van der Waals surface area contributed by atoms with Crippen LogP contribution < -0.4 is 5.32 Å². The van der Waals surface area contributed by atoms with Gasteiger partial charge in [-0.3, -0.25) is 0 Å². The van der Waals surface area contributed by atoms with Crippen molar-refractivity contribution in [2.75, 3.05) is 7.05 Å². The number of aryl methyl sites for hydroxylation is 1. The highest BCUT2D eigenvalue weighted by Crippen LogP contribution is 2.25. The first-order valence-corrected chi connectivity index (χ1v) is 6.30. The summed E-state index contributed by atoms with van der Waals surface area (Å²) in [5.74, 6) is 0. The molecule has 0 unspecified atom stereocenters. The maximum absolute atomic E-state index is 4.20. The van der Waals surface area contributed by atoms with Crippen LogP contribution in [0, 0.1) is 6.92 Å². The van der Waals surface area contributed by atoms with Gasteiger partial charge in [-0.1, -0.05) is 6.07 Å². The third-order valence-electron chi connectivity index (χ3n) is 2.43. The van der Waals surface area contributed by atoms with Gasteiger partial charge in [0.1, 0.15) is 0 Å². The number of nitrogens with zero attached hydrogens (tertiary/aromatic N) is 2. The Balaban J connectivity index is 2.15. The number of aromatic nitrogens is 2. The molecule has 0 saturated carbocycles. The molecule has 0 saturated heterocycles. The minimum atomic E-state index is 0.785. The highest BCUT2D eigenvalue weighted by molar-refractivity contribution is 7.99. The quantitative estimate of drug-likeness (QED) is 0.840. The van der Waals surface area contributed by atoms with Crippen molar-refractivity contribution in [1.82, 2.24) is 15.3 Å². The third-order valence-corrected chi connectivity index (χ3v) is 3.32. The first-order valence-electron chi connectivity index (χ1n) is 5.48. The Morgan fingerprint density at radius 2 is 2.00 bits per heavy atom. The first kappa shape index (κ1) is 12.1. The second-order valence-corrected chi connectivity index (χ2v) is 4.79. The van der Waals surface area contributed by atoms with Crippen molar-refractivity contribution in [2.45, 2.75) is 23.5 Å². The molecule has 17 heavy (non-hydrogen) atoms. The number of nitrogens with one attached hydrogen (secondary N) is 1. The number of benzene rings is 1. The lowest BCUT2D eigenvalue weighted by Gasteiger charge is -2.07. The molecular weight excluding hydrogens is 230 g/mol. The zero-order valence-corrected chi connectivity index (χ0v) is 10.8. The molecule has 0 atom stereocenters. The van der Waals surface area contributed by atoms with E-state index in [1.807, 2.05) is 13.1 Å². The van der Waals surface area contributed by atoms with Gasteiger partial charge in [-0.15, -0.1) is 0 Å². The highest BCUT2D eigenvalue weighted by Gasteiger charge is 2.02. The lowest BCUT2D eigenvalue weighted by molar-refractivity contribution is 0.811. The predicted octanol–water partition coefficient (Wildman–Crippen LogP) is 2.66. The molecule has 0 aliphatic carbocycles. The fraction of sp³-hybridized carbons (Fsp3) is 0.231. The molecule has 2 aromatic rings. The van der Waals surface area contributed by atoms with E-state index in [0.717, 1.165) is 11.7 Å². The molecule has 2 rings (SSSR count). The van der Waals surface area contributed by atoms with E-state index in [2.05, 4.69) is 40.4 Å². The van der Waals surface area contributed by atoms with Crippen LogP contribution in [-0.4, -0.2) is 17.0 Å². The van der Waals surface area contributed by atoms with E-state index >= 15 is 0 Å². The van der Waals surface area contributed by atoms with Crippen LogP contribution in [0.2, 0.25) is 0 Å². The monoisotopic (exact) mass is 245 g/mol. The van der Waals surface area contributed by atoms with Gasteiger partial charge in [-0.05, 0) is 55.1 Å². The number of hydrogen-bond donors (Lipinski definition) is 1. The van der Waals surface area contributed by atoms with Crippen molar-refractivity contribution in [3.63, 3.8) is 0 Å². The first-order chi connectivity index (χ1) is 8.29. The normalized spacial score (nSPS) is 10.5. The molecule has 0 amide bonds. The van der Waals surface area contributed by atoms with Crippen LogP contribution in [0.1, 0.15) is 11.1 Å². The molecule has 0 aliphatic rings. The Labute approximate surface area is 106 Å². The summed E-state index contributed by atoms with van der Waals surface area (Å²) in [6.45, 7) is 3.03. The van der Waals surface area contributed by atoms with Gasteiger partial charge < -0.3 is 5.32 Å². The maximum atomic E-state index is 4.20. The summed E-state index contributed by atoms with van der Waals surface area (Å²) >= 11 is 1.59. The maximum Gasteiger partial charge on any atom is 0.192 e. The minimum absolute atomic E-state index is 0.785. The summed E-state index contributed by atoms with van der Waals surface area (Å²) in [4.78, 5) is 9.58. The van der Waals surface area contributed by atoms with Gasteiger partial charge in [0.25, 0.3) is 0 Å². The second kappa shape index (κ2) is 5.80. The molecule has 4 heteroatoms. The van der Waals surface area contributed by atoms with E-state index in [1.54, 1.807) is 24.2 Å². The van der Waals surface area contributed by atoms with E-state index in [-0.39, 0.29) is 0 Å². The number of hydrogen-bond acceptors (Lipinski definition) is 4. The van der Waals surface area contributed by atoms with Crippen molar-refractivity contribution >= 4 is 11.8 Å². The van der Waals surface area contributed by atoms with Gasteiger partial charge in [0, 0.05) is 23.8 Å². The van der Waals surface area contributed by atoms with Gasteiger partial charge in [0.05, 0.1) is 0 Å². The summed E-state index contributed by atoms with van der Waals surface area (Å²) in [5, 5.41) is 3.95. The molecule has 0 fully saturated rings. The van der Waals surface area contributed by atoms with Crippen LogP contribution in [0.4, 0.5) is 0 Å². The molecule has 3 nitrogen and oxygen atoms in total. The Bertz CT molecular complexity index is 485. The van der Waals surface area contributed by atoms with Crippen LogP contribution >= 0.6 is 11.8 Å². The van der Waals surface area contributed by atoms with Gasteiger partial charge in [-0.25, -0.2) is 9.97 Å². The van der Waals surface area contributed by atoms with Gasteiger partial charge >= 0.3 is 0 Å². The van der Waals surface area contributed by atoms with Crippen LogP contribution in [0.25, 0.3) is 0 Å². The third kappa shape index (κ3) is 3.28. The molecule has 1 N–H and O–H groups in total. The predicted molar refractivity (Wildman–Crippen MR) is 70.1 cm³/mol. The minimum Gasteiger partial charge on any atom is -0.316 e. The molecule has 0 spiro atoms. The fourth-order valence-corrected chi connectivity index (χ4v) is 2.37. The standard InChI is InChI=1S/C13H15N3S/c1-10-8-12(5-4-11(10)9-14-2)17-13-15-6-3-7-16-13/h3-8,14H,9H2,1-2H3. The molecule has 88 valence electrons. The van der Waals surface area contributed by atoms with Crippen molar-refractivity contribution in [3.05, 3.63) is 47.8 Å². The van der Waals surface area contributed by atoms with Crippen molar-refractivity contribution in [3.8, 4) is 0 Å². The highest BCUT2D eigenvalue weighted by atomic mass is 32.2. The van der Waals surface area contributed by atoms with Crippen LogP contribution in [-0.2, 0) is 6.54 Å². The van der Waals surface area contributed by atoms with E-state index in [9.17, 15) is 0 Å². The van der Waals surface area contributed by atoms with E-state index in [1.165, 1.54) is 16.0 Å². The molecule has 0 aliphatic heterocycles. The van der Waals surface area contributed by atoms with Crippen molar-refractivity contribution in [2.24, 2.45) is 0 Å². The summed E-state index contributed by atoms with van der Waals surface area (Å²) in [7, 11) is 1.96. The zero-order chi connectivity index (χ0) is 12.1. The Morgan fingerprint density at radius 3 is 2.65 bits per heavy atom. The fourth-order valence-electron chi connectivity index (χ4n) is 1.56. The van der Waals surface area contributed by atoms with E-state index in [0.29, 0.717) is 0 Å². The number of rotatable bonds is 4. The van der Waals surface area contributed by atoms with Gasteiger partial charge in [-0.2, -0.15) is 0 Å². The zero-order valence-electron chi connectivity index (χ0n) is 9.97. The largest absolute Gasteiger partial charge is 0.316 e. The lowest BCUT2D eigenvalue weighted by Crippen LogP contribution is -2.06. The Hall–Kier alpha value is -1.39. The summed E-state index contributed by atoms with van der Waals surface area (Å²) < 4.78 is 0. The molecule has 0 radical (unpaired) electrons. The van der Waals surface area contributed by atoms with E-state index < -0.39 is 0 Å². The van der Waals surface area contributed by atoms with Gasteiger partial charge in [0.15, 0.2) is 5.16 Å². The van der Waals surface area contributed by atoms with Crippen LogP contribution in [0.5, 0.6) is 0 Å². The van der Waals surface area contributed by atoms with Gasteiger partial charge in [0.2, 0.25) is 0 Å². The molecule has 1 heterocycles. The molecular formula is C13H15N3S. The topological polar surface area (TPSA) is 37.8 Å². The van der Waals surface area contributed by atoms with Crippen LogP contribution in [0.3, 0.4) is 0 Å². The smallest absolute Gasteiger partial charge is 0.192 e. The summed E-state index contributed by atoms with van der Waals surface area (Å²) in [6, 6.07) is 8.26. The van der Waals surface area contributed by atoms with Crippen molar-refractivity contribution in [1.29, 1.82) is 0 Å². The molecule has 1 aromatic heterocycles. The van der Waals surface area contributed by atoms with E-state index in [4.69, 9.17) is 0 Å². The summed E-state index contributed by atoms with van der Waals surface area (Å²) in [6.07, 6.45) is 3.52. The molecule has 1 aromatic carbocycles. The molecule has 0 bridgehead atoms. The lowest BCUT2D eigenvalue weighted by atomic mass is 10.1. The van der Waals surface area contributed by atoms with Crippen LogP contribution in [0.15, 0.2) is 46.7 Å². The summed E-state index contributed by atoms with van der Waals surface area (Å²) in [5.41, 5.74) is 2.62. The average molecular weight is 245 g/mol. The van der Waals surface area contributed by atoms with Crippen molar-refractivity contribution < 1.29 is 0 Å². The Morgan fingerprint density at radius 1 is 1.24 bits per heavy atom. The Kier molecular flexibility index (Phi) is 4.12. The average Bonchev–Trinajstić information content (AvgIpc) is 2.34.